The summed E-state index contributed by atoms with van der Waals surface area (Å²) in [5, 5.41) is 5.59. The van der Waals surface area contributed by atoms with Crippen LogP contribution in [0.3, 0.4) is 0 Å². The van der Waals surface area contributed by atoms with Crippen molar-refractivity contribution in [3.63, 3.8) is 0 Å². The molecule has 2 aromatic rings. The number of hydrogen-bond donors (Lipinski definition) is 1. The Morgan fingerprint density at radius 3 is 2.40 bits per heavy atom. The number of sulfonamides is 1. The predicted molar refractivity (Wildman–Crippen MR) is 82.3 cm³/mol. The van der Waals surface area contributed by atoms with E-state index in [-0.39, 0.29) is 4.90 Å². The highest BCUT2D eigenvalue weighted by molar-refractivity contribution is 7.89. The Kier molecular flexibility index (Phi) is 4.39. The van der Waals surface area contributed by atoms with E-state index >= 15 is 0 Å². The molecule has 0 aliphatic heterocycles. The minimum absolute atomic E-state index is 0.255. The molecule has 0 spiro atoms. The Morgan fingerprint density at radius 2 is 1.70 bits per heavy atom. The monoisotopic (exact) mass is 290 g/mol. The largest absolute Gasteiger partial charge is 0.277 e. The van der Waals surface area contributed by atoms with Crippen LogP contribution in [-0.2, 0) is 10.0 Å². The summed E-state index contributed by atoms with van der Waals surface area (Å²) in [6.07, 6.45) is 1.46. The van der Waals surface area contributed by atoms with Crippen LogP contribution in [-0.4, -0.2) is 14.1 Å². The van der Waals surface area contributed by atoms with Gasteiger partial charge in [-0.15, -0.1) is 0 Å². The summed E-state index contributed by atoms with van der Waals surface area (Å²) in [5.41, 5.74) is 0.828. The quantitative estimate of drug-likeness (QED) is 0.678. The van der Waals surface area contributed by atoms with Crippen LogP contribution >= 0.6 is 0 Å². The van der Waals surface area contributed by atoms with Gasteiger partial charge in [-0.3, -0.25) is 0 Å². The third kappa shape index (κ3) is 2.99. The van der Waals surface area contributed by atoms with Gasteiger partial charge in [-0.1, -0.05) is 50.2 Å². The van der Waals surface area contributed by atoms with Crippen LogP contribution in [0.4, 0.5) is 0 Å². The molecule has 0 fully saturated rings. The fourth-order valence-electron chi connectivity index (χ4n) is 2.01. The Hall–Kier alpha value is -1.88. The molecule has 0 radical (unpaired) electrons. The molecular formula is C15H18N2O2S. The van der Waals surface area contributed by atoms with Gasteiger partial charge in [0.25, 0.3) is 10.0 Å². The molecule has 0 saturated heterocycles. The topological polar surface area (TPSA) is 58.5 Å². The molecule has 0 heterocycles. The van der Waals surface area contributed by atoms with Crippen LogP contribution in [0.2, 0.25) is 0 Å². The lowest BCUT2D eigenvalue weighted by molar-refractivity contribution is 0.585. The number of hydrogen-bond acceptors (Lipinski definition) is 3. The predicted octanol–water partition coefficient (Wildman–Crippen LogP) is 3.29. The molecule has 0 unspecified atom stereocenters. The number of rotatable bonds is 5. The SMILES string of the molecule is CCC(CC)=NNS(=O)(=O)c1cccc2ccccc12. The second-order valence-corrected chi connectivity index (χ2v) is 6.09. The molecule has 0 amide bonds. The van der Waals surface area contributed by atoms with E-state index in [2.05, 4.69) is 9.93 Å². The molecule has 20 heavy (non-hydrogen) atoms. The number of hydrazone groups is 1. The average Bonchev–Trinajstić information content (AvgIpc) is 2.47. The summed E-state index contributed by atoms with van der Waals surface area (Å²) in [5.74, 6) is 0. The van der Waals surface area contributed by atoms with E-state index in [0.29, 0.717) is 5.39 Å². The summed E-state index contributed by atoms with van der Waals surface area (Å²) in [7, 11) is -3.64. The number of fused-ring (bicyclic) bond motifs is 1. The first-order chi connectivity index (χ1) is 9.58. The molecule has 0 bridgehead atoms. The van der Waals surface area contributed by atoms with Gasteiger partial charge in [0, 0.05) is 11.1 Å². The number of benzene rings is 2. The van der Waals surface area contributed by atoms with Crippen molar-refractivity contribution in [2.45, 2.75) is 31.6 Å². The van der Waals surface area contributed by atoms with Crippen molar-refractivity contribution in [1.29, 1.82) is 0 Å². The Bertz CT molecular complexity index is 725. The van der Waals surface area contributed by atoms with Crippen LogP contribution in [0, 0.1) is 0 Å². The standard InChI is InChI=1S/C15H18N2O2S/c1-3-13(4-2)16-17-20(18,19)15-11-7-9-12-8-5-6-10-14(12)15/h5-11,17H,3-4H2,1-2H3. The van der Waals surface area contributed by atoms with Crippen LogP contribution in [0.5, 0.6) is 0 Å². The van der Waals surface area contributed by atoms with E-state index in [1.165, 1.54) is 0 Å². The van der Waals surface area contributed by atoms with Gasteiger partial charge in [0.1, 0.15) is 0 Å². The zero-order valence-electron chi connectivity index (χ0n) is 11.6. The molecule has 0 atom stereocenters. The van der Waals surface area contributed by atoms with Crippen LogP contribution < -0.4 is 4.83 Å². The first kappa shape index (κ1) is 14.5. The maximum absolute atomic E-state index is 12.4. The van der Waals surface area contributed by atoms with Gasteiger partial charge >= 0.3 is 0 Å². The highest BCUT2D eigenvalue weighted by Crippen LogP contribution is 2.22. The van der Waals surface area contributed by atoms with E-state index < -0.39 is 10.0 Å². The average molecular weight is 290 g/mol. The molecule has 0 aromatic heterocycles. The normalized spacial score (nSPS) is 11.3. The zero-order valence-corrected chi connectivity index (χ0v) is 12.4. The molecule has 106 valence electrons. The lowest BCUT2D eigenvalue weighted by Crippen LogP contribution is -2.20. The fraction of sp³-hybridized carbons (Fsp3) is 0.267. The summed E-state index contributed by atoms with van der Waals surface area (Å²) in [6, 6.07) is 12.6. The van der Waals surface area contributed by atoms with Crippen LogP contribution in [0.25, 0.3) is 10.8 Å². The molecule has 4 nitrogen and oxygen atoms in total. The highest BCUT2D eigenvalue weighted by Gasteiger charge is 2.16. The Balaban J connectivity index is 2.45. The first-order valence-corrected chi connectivity index (χ1v) is 8.11. The van der Waals surface area contributed by atoms with Crippen molar-refractivity contribution in [2.75, 3.05) is 0 Å². The third-order valence-corrected chi connectivity index (χ3v) is 4.45. The first-order valence-electron chi connectivity index (χ1n) is 6.63. The van der Waals surface area contributed by atoms with E-state index in [9.17, 15) is 8.42 Å². The summed E-state index contributed by atoms with van der Waals surface area (Å²) in [6.45, 7) is 3.91. The second kappa shape index (κ2) is 6.05. The van der Waals surface area contributed by atoms with Crippen molar-refractivity contribution >= 4 is 26.5 Å². The molecule has 2 rings (SSSR count). The Morgan fingerprint density at radius 1 is 1.05 bits per heavy atom. The van der Waals surface area contributed by atoms with E-state index in [0.717, 1.165) is 23.9 Å². The number of nitrogens with one attached hydrogen (secondary N) is 1. The van der Waals surface area contributed by atoms with Crippen molar-refractivity contribution in [3.8, 4) is 0 Å². The second-order valence-electron chi connectivity index (χ2n) is 4.46. The molecule has 1 N–H and O–H groups in total. The molecule has 0 saturated carbocycles. The van der Waals surface area contributed by atoms with Gasteiger partial charge in [-0.2, -0.15) is 13.5 Å². The van der Waals surface area contributed by atoms with Gasteiger partial charge in [-0.25, -0.2) is 4.83 Å². The minimum Gasteiger partial charge on any atom is -0.200 e. The van der Waals surface area contributed by atoms with Crippen molar-refractivity contribution < 1.29 is 8.42 Å². The minimum atomic E-state index is -3.64. The molecule has 0 aliphatic rings. The Labute approximate surface area is 119 Å². The van der Waals surface area contributed by atoms with E-state index in [4.69, 9.17) is 0 Å². The summed E-state index contributed by atoms with van der Waals surface area (Å²) < 4.78 is 24.7. The lowest BCUT2D eigenvalue weighted by atomic mass is 10.1. The molecule has 5 heteroatoms. The van der Waals surface area contributed by atoms with Gasteiger partial charge in [-0.05, 0) is 24.3 Å². The number of nitrogens with zero attached hydrogens (tertiary/aromatic N) is 1. The molecular weight excluding hydrogens is 272 g/mol. The van der Waals surface area contributed by atoms with Crippen molar-refractivity contribution in [1.82, 2.24) is 4.83 Å². The van der Waals surface area contributed by atoms with Gasteiger partial charge in [0.05, 0.1) is 4.90 Å². The van der Waals surface area contributed by atoms with Crippen molar-refractivity contribution in [3.05, 3.63) is 42.5 Å². The van der Waals surface area contributed by atoms with Gasteiger partial charge < -0.3 is 0 Å². The van der Waals surface area contributed by atoms with Gasteiger partial charge in [0.15, 0.2) is 0 Å². The van der Waals surface area contributed by atoms with E-state index in [1.54, 1.807) is 18.2 Å². The molecule has 2 aromatic carbocycles. The zero-order chi connectivity index (χ0) is 14.6. The smallest absolute Gasteiger partial charge is 0.200 e. The fourth-order valence-corrected chi connectivity index (χ4v) is 3.09. The lowest BCUT2D eigenvalue weighted by Gasteiger charge is -2.08. The maximum atomic E-state index is 12.4. The van der Waals surface area contributed by atoms with E-state index in [1.807, 2.05) is 38.1 Å². The maximum Gasteiger partial charge on any atom is 0.277 e. The van der Waals surface area contributed by atoms with Gasteiger partial charge in [0.2, 0.25) is 0 Å². The highest BCUT2D eigenvalue weighted by atomic mass is 32.2. The third-order valence-electron chi connectivity index (χ3n) is 3.18. The van der Waals surface area contributed by atoms with Crippen LogP contribution in [0.1, 0.15) is 26.7 Å². The van der Waals surface area contributed by atoms with Crippen molar-refractivity contribution in [2.24, 2.45) is 5.10 Å². The molecule has 0 aliphatic carbocycles. The van der Waals surface area contributed by atoms with Crippen LogP contribution in [0.15, 0.2) is 52.5 Å². The summed E-state index contributed by atoms with van der Waals surface area (Å²) in [4.78, 5) is 2.59. The summed E-state index contributed by atoms with van der Waals surface area (Å²) >= 11 is 0.